The van der Waals surface area contributed by atoms with Crippen molar-refractivity contribution in [2.24, 2.45) is 0 Å². The van der Waals surface area contributed by atoms with Crippen LogP contribution in [0.1, 0.15) is 10.7 Å². The van der Waals surface area contributed by atoms with Crippen molar-refractivity contribution in [3.8, 4) is 28.7 Å². The van der Waals surface area contributed by atoms with Crippen LogP contribution < -0.4 is 19.5 Å². The molecule has 2 aromatic carbocycles. The number of hydrogen-bond acceptors (Lipinski definition) is 7. The molecular weight excluding hydrogens is 357 g/mol. The van der Waals surface area contributed by atoms with Crippen LogP contribution in [0.5, 0.6) is 17.2 Å². The van der Waals surface area contributed by atoms with Gasteiger partial charge in [0.05, 0.1) is 26.9 Å². The Morgan fingerprint density at radius 1 is 1.04 bits per heavy atom. The quantitative estimate of drug-likeness (QED) is 0.709. The van der Waals surface area contributed by atoms with Crippen LogP contribution in [0.3, 0.4) is 0 Å². The molecule has 0 saturated heterocycles. The molecule has 3 aromatic rings. The lowest BCUT2D eigenvalue weighted by atomic mass is 10.2. The summed E-state index contributed by atoms with van der Waals surface area (Å²) in [4.78, 5) is 12.4. The van der Waals surface area contributed by atoms with E-state index in [1.54, 1.807) is 18.2 Å². The average Bonchev–Trinajstić information content (AvgIpc) is 3.17. The highest BCUT2D eigenvalue weighted by molar-refractivity contribution is 6.01. The van der Waals surface area contributed by atoms with Crippen molar-refractivity contribution >= 4 is 11.6 Å². The molecule has 0 aliphatic carbocycles. The van der Waals surface area contributed by atoms with E-state index < -0.39 is 11.7 Å². The van der Waals surface area contributed by atoms with Crippen LogP contribution in [0.15, 0.2) is 40.8 Å². The Labute approximate surface area is 153 Å². The van der Waals surface area contributed by atoms with Crippen molar-refractivity contribution in [3.05, 3.63) is 48.1 Å². The van der Waals surface area contributed by atoms with Crippen molar-refractivity contribution in [2.45, 2.75) is 0 Å². The van der Waals surface area contributed by atoms with Gasteiger partial charge in [0.2, 0.25) is 5.75 Å². The molecule has 140 valence electrons. The molecular formula is C18H16FN3O5. The third-order valence-electron chi connectivity index (χ3n) is 3.65. The molecule has 27 heavy (non-hydrogen) atoms. The number of anilines is 1. The van der Waals surface area contributed by atoms with Crippen molar-refractivity contribution in [1.82, 2.24) is 10.2 Å². The molecule has 1 heterocycles. The van der Waals surface area contributed by atoms with Crippen molar-refractivity contribution in [3.63, 3.8) is 0 Å². The van der Waals surface area contributed by atoms with Gasteiger partial charge in [-0.1, -0.05) is 12.1 Å². The molecule has 1 amide bonds. The Hall–Kier alpha value is -3.62. The highest BCUT2D eigenvalue weighted by Crippen LogP contribution is 2.40. The summed E-state index contributed by atoms with van der Waals surface area (Å²) in [6.45, 7) is 0. The van der Waals surface area contributed by atoms with Crippen LogP contribution in [-0.4, -0.2) is 37.4 Å². The number of halogens is 1. The minimum Gasteiger partial charge on any atom is -0.493 e. The second kappa shape index (κ2) is 7.73. The molecule has 0 bridgehead atoms. The zero-order chi connectivity index (χ0) is 19.4. The van der Waals surface area contributed by atoms with Crippen LogP contribution in [0, 0.1) is 5.82 Å². The lowest BCUT2D eigenvalue weighted by Gasteiger charge is -2.14. The van der Waals surface area contributed by atoms with E-state index in [1.165, 1.54) is 39.5 Å². The van der Waals surface area contributed by atoms with E-state index in [9.17, 15) is 9.18 Å². The lowest BCUT2D eigenvalue weighted by molar-refractivity contribution is 0.0990. The summed E-state index contributed by atoms with van der Waals surface area (Å²) >= 11 is 0. The van der Waals surface area contributed by atoms with Gasteiger partial charge >= 0.3 is 11.8 Å². The van der Waals surface area contributed by atoms with Gasteiger partial charge in [0, 0.05) is 17.8 Å². The Morgan fingerprint density at radius 3 is 2.30 bits per heavy atom. The van der Waals surface area contributed by atoms with Crippen LogP contribution in [0.25, 0.3) is 11.5 Å². The minimum atomic E-state index is -0.667. The number of nitrogens with zero attached hydrogens (tertiary/aromatic N) is 2. The fourth-order valence-corrected chi connectivity index (χ4v) is 2.40. The summed E-state index contributed by atoms with van der Waals surface area (Å²) in [5.74, 6) is -0.491. The summed E-state index contributed by atoms with van der Waals surface area (Å²) in [6.07, 6.45) is 0. The van der Waals surface area contributed by atoms with Crippen LogP contribution in [0.4, 0.5) is 10.1 Å². The van der Waals surface area contributed by atoms with Crippen LogP contribution in [-0.2, 0) is 0 Å². The minimum absolute atomic E-state index is 0.0943. The van der Waals surface area contributed by atoms with Gasteiger partial charge in [-0.15, -0.1) is 10.2 Å². The summed E-state index contributed by atoms with van der Waals surface area (Å²) in [7, 11) is 4.39. The lowest BCUT2D eigenvalue weighted by Crippen LogP contribution is -2.12. The van der Waals surface area contributed by atoms with Gasteiger partial charge in [-0.3, -0.25) is 4.79 Å². The zero-order valence-electron chi connectivity index (χ0n) is 14.8. The standard InChI is InChI=1S/C18H16FN3O5/c1-24-13-8-10(9-14(25-2)15(13)26-3)20-16(23)18-22-21-17(27-18)11-6-4-5-7-12(11)19/h4-9H,1-3H3,(H,20,23). The van der Waals surface area contributed by atoms with Crippen LogP contribution in [0.2, 0.25) is 0 Å². The number of benzene rings is 2. The Balaban J connectivity index is 1.85. The number of nitrogens with one attached hydrogen (secondary N) is 1. The van der Waals surface area contributed by atoms with Gasteiger partial charge in [0.1, 0.15) is 5.82 Å². The molecule has 8 nitrogen and oxygen atoms in total. The average molecular weight is 373 g/mol. The second-order valence-corrected chi connectivity index (χ2v) is 5.26. The third-order valence-corrected chi connectivity index (χ3v) is 3.65. The molecule has 1 N–H and O–H groups in total. The Morgan fingerprint density at radius 2 is 1.70 bits per heavy atom. The first kappa shape index (κ1) is 18.2. The van der Waals surface area contributed by atoms with Gasteiger partial charge in [-0.05, 0) is 12.1 Å². The predicted octanol–water partition coefficient (Wildman–Crippen LogP) is 3.15. The van der Waals surface area contributed by atoms with Gasteiger partial charge < -0.3 is 23.9 Å². The number of hydrogen-bond donors (Lipinski definition) is 1. The number of methoxy groups -OCH3 is 3. The molecule has 1 aromatic heterocycles. The van der Waals surface area contributed by atoms with Crippen molar-refractivity contribution in [1.29, 1.82) is 0 Å². The molecule has 0 fully saturated rings. The SMILES string of the molecule is COc1cc(NC(=O)c2nnc(-c3ccccc3F)o2)cc(OC)c1OC. The summed E-state index contributed by atoms with van der Waals surface area (Å²) < 4.78 is 34.8. The normalized spacial score (nSPS) is 10.4. The molecule has 0 saturated carbocycles. The summed E-state index contributed by atoms with van der Waals surface area (Å²) in [5, 5.41) is 9.98. The van der Waals surface area contributed by atoms with Crippen LogP contribution >= 0.6 is 0 Å². The highest BCUT2D eigenvalue weighted by Gasteiger charge is 2.20. The van der Waals surface area contributed by atoms with Crippen molar-refractivity contribution in [2.75, 3.05) is 26.6 Å². The Bertz CT molecular complexity index is 948. The van der Waals surface area contributed by atoms with Gasteiger partial charge in [0.25, 0.3) is 5.89 Å². The number of aromatic nitrogens is 2. The maximum atomic E-state index is 13.8. The Kier molecular flexibility index (Phi) is 5.20. The molecule has 0 spiro atoms. The topological polar surface area (TPSA) is 95.7 Å². The van der Waals surface area contributed by atoms with E-state index in [2.05, 4.69) is 15.5 Å². The number of ether oxygens (including phenoxy) is 3. The fraction of sp³-hybridized carbons (Fsp3) is 0.167. The zero-order valence-corrected chi connectivity index (χ0v) is 14.8. The first-order chi connectivity index (χ1) is 13.1. The maximum Gasteiger partial charge on any atom is 0.313 e. The summed E-state index contributed by atoms with van der Waals surface area (Å²) in [5.41, 5.74) is 0.469. The number of amides is 1. The first-order valence-corrected chi connectivity index (χ1v) is 7.77. The number of rotatable bonds is 6. The molecule has 0 aliphatic heterocycles. The van der Waals surface area contributed by atoms with E-state index in [4.69, 9.17) is 18.6 Å². The van der Waals surface area contributed by atoms with Crippen molar-refractivity contribution < 1.29 is 27.8 Å². The monoisotopic (exact) mass is 373 g/mol. The van der Waals surface area contributed by atoms with E-state index >= 15 is 0 Å². The summed E-state index contributed by atoms with van der Waals surface area (Å²) in [6, 6.07) is 8.99. The number of carbonyl (C=O) groups excluding carboxylic acids is 1. The third kappa shape index (κ3) is 3.66. The van der Waals surface area contributed by atoms with Gasteiger partial charge in [-0.25, -0.2) is 4.39 Å². The molecule has 3 rings (SSSR count). The second-order valence-electron chi connectivity index (χ2n) is 5.26. The molecule has 0 unspecified atom stereocenters. The first-order valence-electron chi connectivity index (χ1n) is 7.77. The predicted molar refractivity (Wildman–Crippen MR) is 93.7 cm³/mol. The molecule has 9 heteroatoms. The molecule has 0 atom stereocenters. The smallest absolute Gasteiger partial charge is 0.313 e. The highest BCUT2D eigenvalue weighted by atomic mass is 19.1. The largest absolute Gasteiger partial charge is 0.493 e. The molecule has 0 radical (unpaired) electrons. The van der Waals surface area contributed by atoms with Gasteiger partial charge in [0.15, 0.2) is 11.5 Å². The maximum absolute atomic E-state index is 13.8. The fourth-order valence-electron chi connectivity index (χ4n) is 2.40. The van der Waals surface area contributed by atoms with E-state index in [0.717, 1.165) is 0 Å². The molecule has 0 aliphatic rings. The van der Waals surface area contributed by atoms with E-state index in [-0.39, 0.29) is 17.3 Å². The van der Waals surface area contributed by atoms with Gasteiger partial charge in [-0.2, -0.15) is 0 Å². The van der Waals surface area contributed by atoms with E-state index in [1.807, 2.05) is 0 Å². The van der Waals surface area contributed by atoms with E-state index in [0.29, 0.717) is 22.9 Å². The number of carbonyl (C=O) groups is 1.